The summed E-state index contributed by atoms with van der Waals surface area (Å²) < 4.78 is 28.8. The standard InChI is InChI=1S/C13H14N4O4S/c1-22(19,20)10-6-8-11(15-10)13(17-16-8)21-9-5-3-2-4-7(9)12(14)18/h2-5,10,15H,6H2,1H3,(H2,14,18)(H,16,17). The number of sulfone groups is 1. The van der Waals surface area contributed by atoms with Crippen LogP contribution in [0.5, 0.6) is 11.6 Å². The van der Waals surface area contributed by atoms with Gasteiger partial charge in [0.15, 0.2) is 9.84 Å². The molecule has 0 fully saturated rings. The van der Waals surface area contributed by atoms with Crippen molar-refractivity contribution in [3.05, 3.63) is 35.5 Å². The molecule has 0 saturated heterocycles. The van der Waals surface area contributed by atoms with Crippen molar-refractivity contribution in [1.82, 2.24) is 10.2 Å². The van der Waals surface area contributed by atoms with Gasteiger partial charge in [0, 0.05) is 12.7 Å². The molecule has 0 radical (unpaired) electrons. The quantitative estimate of drug-likeness (QED) is 0.758. The molecule has 0 saturated carbocycles. The Balaban J connectivity index is 1.90. The minimum atomic E-state index is -3.24. The summed E-state index contributed by atoms with van der Waals surface area (Å²) in [5.41, 5.74) is 6.63. The van der Waals surface area contributed by atoms with E-state index in [0.717, 1.165) is 6.26 Å². The number of aromatic amines is 1. The van der Waals surface area contributed by atoms with E-state index < -0.39 is 21.1 Å². The van der Waals surface area contributed by atoms with Gasteiger partial charge in [-0.3, -0.25) is 9.89 Å². The molecule has 1 amide bonds. The number of primary amides is 1. The number of ether oxygens (including phenoxy) is 1. The molecule has 22 heavy (non-hydrogen) atoms. The number of nitrogens with zero attached hydrogens (tertiary/aromatic N) is 1. The fourth-order valence-corrected chi connectivity index (χ4v) is 3.05. The van der Waals surface area contributed by atoms with Crippen molar-refractivity contribution in [1.29, 1.82) is 0 Å². The highest BCUT2D eigenvalue weighted by atomic mass is 32.2. The first-order chi connectivity index (χ1) is 10.4. The van der Waals surface area contributed by atoms with Crippen LogP contribution in [0.25, 0.3) is 0 Å². The van der Waals surface area contributed by atoms with Crippen LogP contribution in [0.4, 0.5) is 5.69 Å². The Morgan fingerprint density at radius 1 is 1.41 bits per heavy atom. The zero-order valence-corrected chi connectivity index (χ0v) is 12.5. The zero-order chi connectivity index (χ0) is 15.9. The third-order valence-electron chi connectivity index (χ3n) is 3.38. The predicted octanol–water partition coefficient (Wildman–Crippen LogP) is 0.640. The van der Waals surface area contributed by atoms with Gasteiger partial charge in [0.05, 0.1) is 11.3 Å². The van der Waals surface area contributed by atoms with Crippen LogP contribution < -0.4 is 15.8 Å². The summed E-state index contributed by atoms with van der Waals surface area (Å²) in [6.07, 6.45) is 1.44. The molecule has 1 unspecified atom stereocenters. The van der Waals surface area contributed by atoms with Crippen LogP contribution in [0.2, 0.25) is 0 Å². The Kier molecular flexibility index (Phi) is 3.28. The monoisotopic (exact) mass is 322 g/mol. The third kappa shape index (κ3) is 2.50. The van der Waals surface area contributed by atoms with Crippen LogP contribution >= 0.6 is 0 Å². The highest BCUT2D eigenvalue weighted by Crippen LogP contribution is 2.37. The van der Waals surface area contributed by atoms with Gasteiger partial charge in [-0.15, -0.1) is 5.10 Å². The van der Waals surface area contributed by atoms with Gasteiger partial charge in [0.1, 0.15) is 16.8 Å². The Hall–Kier alpha value is -2.55. The van der Waals surface area contributed by atoms with E-state index in [1.165, 1.54) is 6.07 Å². The van der Waals surface area contributed by atoms with Crippen LogP contribution in [0.3, 0.4) is 0 Å². The van der Waals surface area contributed by atoms with Crippen molar-refractivity contribution in [2.24, 2.45) is 5.73 Å². The molecule has 1 aromatic heterocycles. The van der Waals surface area contributed by atoms with E-state index in [9.17, 15) is 13.2 Å². The number of hydrogen-bond acceptors (Lipinski definition) is 6. The number of para-hydroxylation sites is 1. The molecular weight excluding hydrogens is 308 g/mol. The van der Waals surface area contributed by atoms with Gasteiger partial charge < -0.3 is 15.8 Å². The fraction of sp³-hybridized carbons (Fsp3) is 0.231. The molecule has 1 aromatic carbocycles. The van der Waals surface area contributed by atoms with E-state index in [4.69, 9.17) is 10.5 Å². The molecule has 3 rings (SSSR count). The van der Waals surface area contributed by atoms with Gasteiger partial charge in [-0.2, -0.15) is 0 Å². The lowest BCUT2D eigenvalue weighted by Gasteiger charge is -2.11. The molecule has 4 N–H and O–H groups in total. The average Bonchev–Trinajstić information content (AvgIpc) is 3.01. The van der Waals surface area contributed by atoms with Crippen LogP contribution in [-0.2, 0) is 16.3 Å². The molecule has 1 aliphatic heterocycles. The second-order valence-corrected chi connectivity index (χ2v) is 7.24. The number of carbonyl (C=O) groups is 1. The van der Waals surface area contributed by atoms with Gasteiger partial charge in [-0.25, -0.2) is 8.42 Å². The third-order valence-corrected chi connectivity index (χ3v) is 4.70. The summed E-state index contributed by atoms with van der Waals surface area (Å²) in [4.78, 5) is 11.4. The second-order valence-electron chi connectivity index (χ2n) is 5.01. The van der Waals surface area contributed by atoms with Gasteiger partial charge in [-0.05, 0) is 12.1 Å². The molecule has 0 aliphatic carbocycles. The van der Waals surface area contributed by atoms with Crippen molar-refractivity contribution in [3.63, 3.8) is 0 Å². The molecule has 8 nitrogen and oxygen atoms in total. The van der Waals surface area contributed by atoms with Crippen LogP contribution in [0.15, 0.2) is 24.3 Å². The Labute approximate surface area is 126 Å². The highest BCUT2D eigenvalue weighted by molar-refractivity contribution is 7.91. The summed E-state index contributed by atoms with van der Waals surface area (Å²) in [5.74, 6) is -0.187. The smallest absolute Gasteiger partial charge is 0.262 e. The highest BCUT2D eigenvalue weighted by Gasteiger charge is 2.33. The van der Waals surface area contributed by atoms with E-state index in [2.05, 4.69) is 15.5 Å². The van der Waals surface area contributed by atoms with E-state index in [1.54, 1.807) is 18.2 Å². The predicted molar refractivity (Wildman–Crippen MR) is 79.6 cm³/mol. The number of carbonyl (C=O) groups excluding carboxylic acids is 1. The summed E-state index contributed by atoms with van der Waals surface area (Å²) in [7, 11) is -3.24. The summed E-state index contributed by atoms with van der Waals surface area (Å²) in [6.45, 7) is 0. The van der Waals surface area contributed by atoms with Crippen molar-refractivity contribution >= 4 is 21.4 Å². The normalized spacial score (nSPS) is 16.9. The first-order valence-corrected chi connectivity index (χ1v) is 8.41. The van der Waals surface area contributed by atoms with Crippen molar-refractivity contribution in [2.45, 2.75) is 11.8 Å². The van der Waals surface area contributed by atoms with E-state index >= 15 is 0 Å². The van der Waals surface area contributed by atoms with Gasteiger partial charge >= 0.3 is 0 Å². The van der Waals surface area contributed by atoms with Crippen molar-refractivity contribution in [3.8, 4) is 11.6 Å². The SMILES string of the molecule is CS(=O)(=O)C1Cc2[nH]nc(Oc3ccccc3C(N)=O)c2N1. The maximum absolute atomic E-state index is 11.6. The number of anilines is 1. The number of nitrogens with one attached hydrogen (secondary N) is 2. The maximum atomic E-state index is 11.6. The van der Waals surface area contributed by atoms with Crippen molar-refractivity contribution in [2.75, 3.05) is 11.6 Å². The Morgan fingerprint density at radius 2 is 2.14 bits per heavy atom. The first-order valence-electron chi connectivity index (χ1n) is 6.45. The minimum absolute atomic E-state index is 0.176. The zero-order valence-electron chi connectivity index (χ0n) is 11.7. The number of hydrogen-bond donors (Lipinski definition) is 3. The largest absolute Gasteiger partial charge is 0.435 e. The molecule has 1 aliphatic rings. The lowest BCUT2D eigenvalue weighted by molar-refractivity contribution is 0.0998. The molecular formula is C13H14N4O4S. The van der Waals surface area contributed by atoms with E-state index in [-0.39, 0.29) is 23.6 Å². The molecule has 1 atom stereocenters. The maximum Gasteiger partial charge on any atom is 0.262 e. The van der Waals surface area contributed by atoms with Gasteiger partial charge in [0.25, 0.3) is 11.8 Å². The molecule has 2 heterocycles. The van der Waals surface area contributed by atoms with E-state index in [1.807, 2.05) is 0 Å². The summed E-state index contributed by atoms with van der Waals surface area (Å²) in [5, 5.41) is 8.88. The minimum Gasteiger partial charge on any atom is -0.435 e. The summed E-state index contributed by atoms with van der Waals surface area (Å²) >= 11 is 0. The molecule has 0 spiro atoms. The number of aromatic nitrogens is 2. The number of rotatable bonds is 4. The second kappa shape index (κ2) is 5.02. The van der Waals surface area contributed by atoms with Gasteiger partial charge in [-0.1, -0.05) is 12.1 Å². The van der Waals surface area contributed by atoms with Crippen molar-refractivity contribution < 1.29 is 17.9 Å². The first kappa shape index (κ1) is 14.4. The molecule has 116 valence electrons. The molecule has 9 heteroatoms. The number of benzene rings is 1. The topological polar surface area (TPSA) is 127 Å². The lowest BCUT2D eigenvalue weighted by atomic mass is 10.2. The fourth-order valence-electron chi connectivity index (χ4n) is 2.25. The number of nitrogens with two attached hydrogens (primary N) is 1. The Bertz CT molecular complexity index is 843. The van der Waals surface area contributed by atoms with Gasteiger partial charge in [0.2, 0.25) is 0 Å². The van der Waals surface area contributed by atoms with E-state index in [0.29, 0.717) is 11.4 Å². The van der Waals surface area contributed by atoms with Crippen LogP contribution in [0, 0.1) is 0 Å². The Morgan fingerprint density at radius 3 is 2.82 bits per heavy atom. The van der Waals surface area contributed by atoms with Crippen LogP contribution in [0.1, 0.15) is 16.1 Å². The summed E-state index contributed by atoms with van der Waals surface area (Å²) in [6, 6.07) is 6.49. The average molecular weight is 322 g/mol. The number of H-pyrrole nitrogens is 1. The number of fused-ring (bicyclic) bond motifs is 1. The number of amides is 1. The molecule has 2 aromatic rings. The lowest BCUT2D eigenvalue weighted by Crippen LogP contribution is -2.26. The van der Waals surface area contributed by atoms with Crippen LogP contribution in [-0.4, -0.2) is 36.2 Å². The molecule has 0 bridgehead atoms.